The van der Waals surface area contributed by atoms with Crippen LogP contribution < -0.4 is 10.6 Å². The summed E-state index contributed by atoms with van der Waals surface area (Å²) >= 11 is 0. The number of carbonyl (C=O) groups is 4. The number of methoxy groups -OCH3 is 2. The van der Waals surface area contributed by atoms with Gasteiger partial charge in [0, 0.05) is 12.5 Å². The highest BCUT2D eigenvalue weighted by Gasteiger charge is 2.21. The van der Waals surface area contributed by atoms with E-state index in [1.54, 1.807) is 42.5 Å². The summed E-state index contributed by atoms with van der Waals surface area (Å²) in [7, 11) is 2.46. The lowest BCUT2D eigenvalue weighted by atomic mass is 10.1. The average Bonchev–Trinajstić information content (AvgIpc) is 2.68. The van der Waals surface area contributed by atoms with Crippen LogP contribution in [0.25, 0.3) is 0 Å². The standard InChI is InChI=1S/C19H24N2O6/c1-13(22)20-15(18(24)26-2)11-7-8-12-16(19(25)27-3)21-17(23)14-9-5-4-6-10-14/h4-10,15-16H,11-12H2,1-3H3,(H,20,22)(H,21,23). The third-order valence-electron chi connectivity index (χ3n) is 3.60. The minimum Gasteiger partial charge on any atom is -0.467 e. The Morgan fingerprint density at radius 1 is 0.889 bits per heavy atom. The highest BCUT2D eigenvalue weighted by molar-refractivity contribution is 5.96. The van der Waals surface area contributed by atoms with Crippen molar-refractivity contribution in [1.29, 1.82) is 0 Å². The number of carbonyl (C=O) groups excluding carboxylic acids is 4. The van der Waals surface area contributed by atoms with Gasteiger partial charge in [0.05, 0.1) is 14.2 Å². The number of amides is 2. The molecule has 2 unspecified atom stereocenters. The van der Waals surface area contributed by atoms with Crippen LogP contribution in [-0.4, -0.2) is 50.1 Å². The van der Waals surface area contributed by atoms with Crippen molar-refractivity contribution < 1.29 is 28.7 Å². The van der Waals surface area contributed by atoms with Gasteiger partial charge in [-0.2, -0.15) is 0 Å². The molecule has 146 valence electrons. The minimum atomic E-state index is -0.878. The first-order chi connectivity index (χ1) is 12.9. The lowest BCUT2D eigenvalue weighted by molar-refractivity contribution is -0.144. The topological polar surface area (TPSA) is 111 Å². The van der Waals surface area contributed by atoms with Gasteiger partial charge in [0.15, 0.2) is 0 Å². The van der Waals surface area contributed by atoms with Crippen molar-refractivity contribution in [1.82, 2.24) is 10.6 Å². The van der Waals surface area contributed by atoms with Crippen molar-refractivity contribution in [3.8, 4) is 0 Å². The molecule has 2 atom stereocenters. The molecule has 0 saturated heterocycles. The average molecular weight is 376 g/mol. The maximum absolute atomic E-state index is 12.2. The second-order valence-electron chi connectivity index (χ2n) is 5.63. The highest BCUT2D eigenvalue weighted by atomic mass is 16.5. The van der Waals surface area contributed by atoms with Crippen LogP contribution in [-0.2, 0) is 23.9 Å². The number of esters is 2. The smallest absolute Gasteiger partial charge is 0.328 e. The molecule has 2 N–H and O–H groups in total. The fraction of sp³-hybridized carbons (Fsp3) is 0.368. The summed E-state index contributed by atoms with van der Waals surface area (Å²) in [6.07, 6.45) is 3.61. The molecule has 1 rings (SSSR count). The van der Waals surface area contributed by atoms with Crippen molar-refractivity contribution in [3.05, 3.63) is 48.0 Å². The van der Waals surface area contributed by atoms with Gasteiger partial charge >= 0.3 is 11.9 Å². The van der Waals surface area contributed by atoms with Gasteiger partial charge < -0.3 is 20.1 Å². The van der Waals surface area contributed by atoms with E-state index in [9.17, 15) is 19.2 Å². The van der Waals surface area contributed by atoms with Crippen LogP contribution >= 0.6 is 0 Å². The summed E-state index contributed by atoms with van der Waals surface area (Å²) in [6, 6.07) is 6.79. The molecule has 0 aliphatic carbocycles. The van der Waals surface area contributed by atoms with Gasteiger partial charge in [-0.15, -0.1) is 0 Å². The molecule has 27 heavy (non-hydrogen) atoms. The van der Waals surface area contributed by atoms with E-state index in [1.165, 1.54) is 21.1 Å². The summed E-state index contributed by atoms with van der Waals surface area (Å²) in [5, 5.41) is 5.09. The van der Waals surface area contributed by atoms with Crippen LogP contribution in [0.15, 0.2) is 42.5 Å². The van der Waals surface area contributed by atoms with E-state index in [-0.39, 0.29) is 18.7 Å². The first-order valence-corrected chi connectivity index (χ1v) is 8.32. The first-order valence-electron chi connectivity index (χ1n) is 8.32. The predicted octanol–water partition coefficient (Wildman–Crippen LogP) is 0.972. The Hall–Kier alpha value is -3.16. The summed E-state index contributed by atoms with van der Waals surface area (Å²) in [4.78, 5) is 46.9. The van der Waals surface area contributed by atoms with Gasteiger partial charge in [-0.05, 0) is 25.0 Å². The number of rotatable bonds is 9. The van der Waals surface area contributed by atoms with Gasteiger partial charge in [-0.25, -0.2) is 9.59 Å². The Morgan fingerprint density at radius 3 is 1.81 bits per heavy atom. The van der Waals surface area contributed by atoms with E-state index in [0.29, 0.717) is 5.56 Å². The van der Waals surface area contributed by atoms with Crippen LogP contribution in [0.5, 0.6) is 0 Å². The van der Waals surface area contributed by atoms with Crippen LogP contribution in [0, 0.1) is 0 Å². The molecular formula is C19H24N2O6. The molecule has 0 aliphatic heterocycles. The van der Waals surface area contributed by atoms with E-state index in [2.05, 4.69) is 15.4 Å². The molecule has 0 fully saturated rings. The highest BCUT2D eigenvalue weighted by Crippen LogP contribution is 2.04. The van der Waals surface area contributed by atoms with Crippen LogP contribution in [0.2, 0.25) is 0 Å². The van der Waals surface area contributed by atoms with Crippen LogP contribution in [0.4, 0.5) is 0 Å². The second kappa shape index (κ2) is 11.5. The molecule has 0 heterocycles. The monoisotopic (exact) mass is 376 g/mol. The van der Waals surface area contributed by atoms with Crippen molar-refractivity contribution in [2.45, 2.75) is 31.8 Å². The number of hydrogen-bond donors (Lipinski definition) is 2. The number of benzene rings is 1. The molecule has 0 bridgehead atoms. The zero-order chi connectivity index (χ0) is 20.2. The molecule has 0 radical (unpaired) electrons. The molecule has 0 saturated carbocycles. The zero-order valence-corrected chi connectivity index (χ0v) is 15.6. The predicted molar refractivity (Wildman–Crippen MR) is 97.7 cm³/mol. The Morgan fingerprint density at radius 2 is 1.37 bits per heavy atom. The first kappa shape index (κ1) is 21.9. The fourth-order valence-corrected chi connectivity index (χ4v) is 2.25. The quantitative estimate of drug-likeness (QED) is 0.491. The summed E-state index contributed by atoms with van der Waals surface area (Å²) in [5.41, 5.74) is 0.423. The summed E-state index contributed by atoms with van der Waals surface area (Å²) < 4.78 is 9.35. The Kier molecular flexibility index (Phi) is 9.28. The zero-order valence-electron chi connectivity index (χ0n) is 15.6. The van der Waals surface area contributed by atoms with E-state index in [4.69, 9.17) is 4.74 Å². The van der Waals surface area contributed by atoms with Gasteiger partial charge in [0.2, 0.25) is 5.91 Å². The van der Waals surface area contributed by atoms with Crippen molar-refractivity contribution in [2.24, 2.45) is 0 Å². The van der Waals surface area contributed by atoms with Crippen molar-refractivity contribution in [2.75, 3.05) is 14.2 Å². The van der Waals surface area contributed by atoms with Gasteiger partial charge in [0.25, 0.3) is 5.91 Å². The molecule has 0 spiro atoms. The fourth-order valence-electron chi connectivity index (χ4n) is 2.25. The Balaban J connectivity index is 2.69. The van der Waals surface area contributed by atoms with Crippen LogP contribution in [0.3, 0.4) is 0 Å². The molecular weight excluding hydrogens is 352 g/mol. The molecule has 1 aromatic rings. The van der Waals surface area contributed by atoms with E-state index in [0.717, 1.165) is 0 Å². The van der Waals surface area contributed by atoms with Gasteiger partial charge in [0.1, 0.15) is 12.1 Å². The number of nitrogens with one attached hydrogen (secondary N) is 2. The SMILES string of the molecule is COC(=O)C(CC=CCC(NC(=O)c1ccccc1)C(=O)OC)NC(C)=O. The Bertz CT molecular complexity index is 687. The van der Waals surface area contributed by atoms with E-state index < -0.39 is 29.9 Å². The normalized spacial score (nSPS) is 12.7. The van der Waals surface area contributed by atoms with Crippen molar-refractivity contribution >= 4 is 23.8 Å². The third-order valence-corrected chi connectivity index (χ3v) is 3.60. The van der Waals surface area contributed by atoms with Gasteiger partial charge in [-0.1, -0.05) is 30.4 Å². The largest absolute Gasteiger partial charge is 0.467 e. The molecule has 8 nitrogen and oxygen atoms in total. The number of ether oxygens (including phenoxy) is 2. The lowest BCUT2D eigenvalue weighted by Gasteiger charge is -2.15. The molecule has 8 heteroatoms. The second-order valence-corrected chi connectivity index (χ2v) is 5.63. The van der Waals surface area contributed by atoms with Crippen LogP contribution in [0.1, 0.15) is 30.1 Å². The van der Waals surface area contributed by atoms with E-state index in [1.807, 2.05) is 0 Å². The lowest BCUT2D eigenvalue weighted by Crippen LogP contribution is -2.41. The van der Waals surface area contributed by atoms with Gasteiger partial charge in [-0.3, -0.25) is 9.59 Å². The molecule has 1 aromatic carbocycles. The minimum absolute atomic E-state index is 0.166. The molecule has 0 aromatic heterocycles. The molecule has 2 amide bonds. The maximum Gasteiger partial charge on any atom is 0.328 e. The summed E-state index contributed by atoms with van der Waals surface area (Å²) in [5.74, 6) is -1.92. The third kappa shape index (κ3) is 7.72. The summed E-state index contributed by atoms with van der Waals surface area (Å²) in [6.45, 7) is 1.30. The number of hydrogen-bond acceptors (Lipinski definition) is 6. The molecule has 0 aliphatic rings. The Labute approximate surface area is 157 Å². The van der Waals surface area contributed by atoms with E-state index >= 15 is 0 Å². The maximum atomic E-state index is 12.2. The van der Waals surface area contributed by atoms with Crippen molar-refractivity contribution in [3.63, 3.8) is 0 Å².